The summed E-state index contributed by atoms with van der Waals surface area (Å²) in [6.45, 7) is 9.61. The first-order valence-electron chi connectivity index (χ1n) is 8.79. The van der Waals surface area contributed by atoms with Gasteiger partial charge < -0.3 is 10.6 Å². The lowest BCUT2D eigenvalue weighted by molar-refractivity contribution is 0.589. The molecule has 0 fully saturated rings. The summed E-state index contributed by atoms with van der Waals surface area (Å²) in [6.07, 6.45) is 2.10. The first-order valence-corrected chi connectivity index (χ1v) is 9.17. The molecule has 1 aliphatic rings. The van der Waals surface area contributed by atoms with Crippen molar-refractivity contribution >= 4 is 17.3 Å². The van der Waals surface area contributed by atoms with E-state index in [4.69, 9.17) is 11.6 Å². The van der Waals surface area contributed by atoms with Crippen molar-refractivity contribution in [3.05, 3.63) is 63.7 Å². The van der Waals surface area contributed by atoms with Gasteiger partial charge in [0.25, 0.3) is 0 Å². The second-order valence-corrected chi connectivity index (χ2v) is 8.02. The van der Waals surface area contributed by atoms with E-state index in [-0.39, 0.29) is 5.41 Å². The zero-order chi connectivity index (χ0) is 17.2. The monoisotopic (exact) mass is 342 g/mol. The number of hydrogen-bond acceptors (Lipinski definition) is 2. The largest absolute Gasteiger partial charge is 0.380 e. The van der Waals surface area contributed by atoms with Crippen LogP contribution in [-0.4, -0.2) is 13.1 Å². The van der Waals surface area contributed by atoms with Gasteiger partial charge in [-0.1, -0.05) is 62.7 Å². The molecule has 3 heteroatoms. The molecule has 128 valence electrons. The van der Waals surface area contributed by atoms with Crippen LogP contribution in [0.5, 0.6) is 0 Å². The first kappa shape index (κ1) is 17.3. The van der Waals surface area contributed by atoms with Gasteiger partial charge in [-0.25, -0.2) is 0 Å². The number of rotatable bonds is 3. The van der Waals surface area contributed by atoms with Crippen LogP contribution >= 0.6 is 11.6 Å². The Balaban J connectivity index is 1.82. The first-order chi connectivity index (χ1) is 11.4. The van der Waals surface area contributed by atoms with Crippen molar-refractivity contribution < 1.29 is 0 Å². The number of hydrogen-bond donors (Lipinski definition) is 2. The van der Waals surface area contributed by atoms with E-state index in [2.05, 4.69) is 61.7 Å². The molecule has 3 rings (SSSR count). The molecular formula is C21H27ClN2. The molecule has 0 aromatic heterocycles. The lowest BCUT2D eigenvalue weighted by atomic mass is 9.86. The molecule has 2 aromatic carbocycles. The van der Waals surface area contributed by atoms with Crippen LogP contribution in [0.3, 0.4) is 0 Å². The molecule has 0 bridgehead atoms. The van der Waals surface area contributed by atoms with Crippen LogP contribution in [-0.2, 0) is 24.8 Å². The van der Waals surface area contributed by atoms with Gasteiger partial charge in [0.2, 0.25) is 0 Å². The molecule has 0 saturated heterocycles. The topological polar surface area (TPSA) is 24.1 Å². The maximum Gasteiger partial charge on any atom is 0.0640 e. The molecule has 1 aliphatic heterocycles. The Hall–Kier alpha value is -1.51. The third-order valence-corrected chi connectivity index (χ3v) is 5.06. The fraction of sp³-hybridized carbons (Fsp3) is 0.429. The Morgan fingerprint density at radius 3 is 2.67 bits per heavy atom. The van der Waals surface area contributed by atoms with Gasteiger partial charge in [-0.05, 0) is 59.7 Å². The summed E-state index contributed by atoms with van der Waals surface area (Å²) in [5.41, 5.74) is 6.73. The van der Waals surface area contributed by atoms with Crippen molar-refractivity contribution in [2.75, 3.05) is 18.4 Å². The van der Waals surface area contributed by atoms with Gasteiger partial charge in [0, 0.05) is 6.54 Å². The van der Waals surface area contributed by atoms with E-state index < -0.39 is 0 Å². The van der Waals surface area contributed by atoms with E-state index in [1.54, 1.807) is 0 Å². The summed E-state index contributed by atoms with van der Waals surface area (Å²) in [7, 11) is 0. The van der Waals surface area contributed by atoms with Crippen molar-refractivity contribution in [3.63, 3.8) is 0 Å². The van der Waals surface area contributed by atoms with Crippen molar-refractivity contribution in [2.24, 2.45) is 0 Å². The number of benzene rings is 2. The van der Waals surface area contributed by atoms with Gasteiger partial charge >= 0.3 is 0 Å². The van der Waals surface area contributed by atoms with Gasteiger partial charge in [0.15, 0.2) is 0 Å². The number of halogens is 1. The molecule has 1 heterocycles. The highest BCUT2D eigenvalue weighted by molar-refractivity contribution is 6.33. The average molecular weight is 343 g/mol. The second-order valence-electron chi connectivity index (χ2n) is 7.61. The molecule has 0 amide bonds. The highest BCUT2D eigenvalue weighted by atomic mass is 35.5. The molecule has 0 saturated carbocycles. The van der Waals surface area contributed by atoms with Crippen molar-refractivity contribution in [3.8, 4) is 0 Å². The predicted molar refractivity (Wildman–Crippen MR) is 104 cm³/mol. The van der Waals surface area contributed by atoms with E-state index in [1.807, 2.05) is 6.07 Å². The van der Waals surface area contributed by atoms with Gasteiger partial charge in [-0.15, -0.1) is 0 Å². The minimum atomic E-state index is 0.170. The molecule has 2 nitrogen and oxygen atoms in total. The number of anilines is 1. The molecule has 2 N–H and O–H groups in total. The zero-order valence-electron chi connectivity index (χ0n) is 14.9. The summed E-state index contributed by atoms with van der Waals surface area (Å²) in [4.78, 5) is 0. The van der Waals surface area contributed by atoms with E-state index >= 15 is 0 Å². The summed E-state index contributed by atoms with van der Waals surface area (Å²) >= 11 is 6.50. The maximum atomic E-state index is 6.50. The molecule has 0 atom stereocenters. The third-order valence-electron chi connectivity index (χ3n) is 4.74. The van der Waals surface area contributed by atoms with Gasteiger partial charge in [-0.3, -0.25) is 0 Å². The lowest BCUT2D eigenvalue weighted by Gasteiger charge is -2.20. The van der Waals surface area contributed by atoms with E-state index in [1.165, 1.54) is 22.3 Å². The second kappa shape index (κ2) is 7.16. The Morgan fingerprint density at radius 1 is 1.08 bits per heavy atom. The van der Waals surface area contributed by atoms with Gasteiger partial charge in [0.05, 0.1) is 10.7 Å². The normalized spacial score (nSPS) is 14.8. The molecule has 24 heavy (non-hydrogen) atoms. The molecular weight excluding hydrogens is 316 g/mol. The maximum absolute atomic E-state index is 6.50. The van der Waals surface area contributed by atoms with Crippen molar-refractivity contribution in [1.29, 1.82) is 0 Å². The van der Waals surface area contributed by atoms with Gasteiger partial charge in [-0.2, -0.15) is 0 Å². The Bertz CT molecular complexity index is 716. The minimum Gasteiger partial charge on any atom is -0.380 e. The standard InChI is InChI=1S/C21H27ClN2/c1-21(2,3)17-6-4-5-15(13-17)14-24-20-18-10-12-23-11-9-16(18)7-8-19(20)22/h4-8,13,23-24H,9-12,14H2,1-3H3. The molecule has 0 aliphatic carbocycles. The van der Waals surface area contributed by atoms with Crippen LogP contribution in [0, 0.1) is 0 Å². The van der Waals surface area contributed by atoms with Gasteiger partial charge in [0.1, 0.15) is 0 Å². The van der Waals surface area contributed by atoms with E-state index in [0.29, 0.717) is 0 Å². The average Bonchev–Trinajstić information content (AvgIpc) is 2.79. The van der Waals surface area contributed by atoms with Crippen LogP contribution in [0.2, 0.25) is 5.02 Å². The highest BCUT2D eigenvalue weighted by Crippen LogP contribution is 2.31. The molecule has 2 aromatic rings. The smallest absolute Gasteiger partial charge is 0.0640 e. The number of nitrogens with one attached hydrogen (secondary N) is 2. The Kier molecular flexibility index (Phi) is 5.17. The third kappa shape index (κ3) is 3.93. The Morgan fingerprint density at radius 2 is 1.88 bits per heavy atom. The highest BCUT2D eigenvalue weighted by Gasteiger charge is 2.16. The minimum absolute atomic E-state index is 0.170. The molecule has 0 unspecified atom stereocenters. The quantitative estimate of drug-likeness (QED) is 0.825. The van der Waals surface area contributed by atoms with Crippen LogP contribution in [0.4, 0.5) is 5.69 Å². The van der Waals surface area contributed by atoms with Crippen molar-refractivity contribution in [2.45, 2.75) is 45.6 Å². The summed E-state index contributed by atoms with van der Waals surface area (Å²) in [6, 6.07) is 13.0. The van der Waals surface area contributed by atoms with E-state index in [9.17, 15) is 0 Å². The predicted octanol–water partition coefficient (Wildman–Crippen LogP) is 4.94. The zero-order valence-corrected chi connectivity index (χ0v) is 15.6. The lowest BCUT2D eigenvalue weighted by Crippen LogP contribution is -2.16. The number of fused-ring (bicyclic) bond motifs is 1. The van der Waals surface area contributed by atoms with E-state index in [0.717, 1.165) is 43.2 Å². The van der Waals surface area contributed by atoms with Crippen LogP contribution in [0.1, 0.15) is 43.0 Å². The molecule has 0 spiro atoms. The Labute approximate surface area is 150 Å². The summed E-state index contributed by atoms with van der Waals surface area (Å²) < 4.78 is 0. The van der Waals surface area contributed by atoms with Crippen molar-refractivity contribution in [1.82, 2.24) is 5.32 Å². The summed E-state index contributed by atoms with van der Waals surface area (Å²) in [5.74, 6) is 0. The fourth-order valence-electron chi connectivity index (χ4n) is 3.27. The van der Waals surface area contributed by atoms with Crippen LogP contribution < -0.4 is 10.6 Å². The summed E-state index contributed by atoms with van der Waals surface area (Å²) in [5, 5.41) is 7.89. The van der Waals surface area contributed by atoms with Crippen LogP contribution in [0.25, 0.3) is 0 Å². The molecule has 0 radical (unpaired) electrons. The fourth-order valence-corrected chi connectivity index (χ4v) is 3.52. The van der Waals surface area contributed by atoms with Crippen LogP contribution in [0.15, 0.2) is 36.4 Å². The SMILES string of the molecule is CC(C)(C)c1cccc(CNc2c(Cl)ccc3c2CCNCC3)c1.